The minimum Gasteiger partial charge on any atom is -0.207 e. The van der Waals surface area contributed by atoms with Gasteiger partial charge < -0.3 is 0 Å². The first-order chi connectivity index (χ1) is 13.5. The molecule has 0 aliphatic carbocycles. The Bertz CT molecular complexity index is 768. The molecule has 0 nitrogen and oxygen atoms in total. The van der Waals surface area contributed by atoms with Crippen molar-refractivity contribution in [1.82, 2.24) is 0 Å². The molecule has 2 aromatic rings. The van der Waals surface area contributed by atoms with E-state index in [9.17, 15) is 17.6 Å². The van der Waals surface area contributed by atoms with Crippen LogP contribution in [-0.2, 0) is 6.42 Å². The van der Waals surface area contributed by atoms with Crippen molar-refractivity contribution in [1.29, 1.82) is 0 Å². The van der Waals surface area contributed by atoms with Gasteiger partial charge in [-0.15, -0.1) is 0 Å². The van der Waals surface area contributed by atoms with Gasteiger partial charge in [0.1, 0.15) is 11.6 Å². The third-order valence-corrected chi connectivity index (χ3v) is 5.28. The summed E-state index contributed by atoms with van der Waals surface area (Å²) in [6.45, 7) is 3.37. The van der Waals surface area contributed by atoms with Gasteiger partial charge in [-0.25, -0.2) is 17.6 Å². The average molecular weight is 394 g/mol. The van der Waals surface area contributed by atoms with Gasteiger partial charge in [0, 0.05) is 16.7 Å². The van der Waals surface area contributed by atoms with Gasteiger partial charge in [-0.3, -0.25) is 0 Å². The second kappa shape index (κ2) is 11.2. The van der Waals surface area contributed by atoms with E-state index in [0.29, 0.717) is 0 Å². The quantitative estimate of drug-likeness (QED) is 0.204. The van der Waals surface area contributed by atoms with Crippen LogP contribution in [0.3, 0.4) is 0 Å². The molecule has 0 N–H and O–H groups in total. The molecule has 2 aromatic carbocycles. The Morgan fingerprint density at radius 3 is 1.86 bits per heavy atom. The summed E-state index contributed by atoms with van der Waals surface area (Å²) < 4.78 is 56.1. The molecule has 0 radical (unpaired) electrons. The van der Waals surface area contributed by atoms with E-state index in [0.717, 1.165) is 37.8 Å². The number of hydrogen-bond donors (Lipinski definition) is 0. The average Bonchev–Trinajstić information content (AvgIpc) is 2.68. The number of unbranched alkanes of at least 4 members (excludes halogenated alkanes) is 8. The van der Waals surface area contributed by atoms with Crippen molar-refractivity contribution in [2.45, 2.75) is 78.1 Å². The summed E-state index contributed by atoms with van der Waals surface area (Å²) in [4.78, 5) is 0. The van der Waals surface area contributed by atoms with Gasteiger partial charge in [0.05, 0.1) is 0 Å². The molecule has 154 valence electrons. The number of benzene rings is 2. The molecule has 4 heteroatoms. The van der Waals surface area contributed by atoms with Crippen LogP contribution in [-0.4, -0.2) is 0 Å². The van der Waals surface area contributed by atoms with Gasteiger partial charge >= 0.3 is 0 Å². The van der Waals surface area contributed by atoms with Crippen LogP contribution in [0, 0.1) is 30.2 Å². The maximum atomic E-state index is 14.4. The molecule has 0 saturated heterocycles. The summed E-state index contributed by atoms with van der Waals surface area (Å²) in [5.41, 5.74) is -0.0832. The monoisotopic (exact) mass is 394 g/mol. The molecule has 0 heterocycles. The molecular formula is C24H30F4. The van der Waals surface area contributed by atoms with Crippen molar-refractivity contribution in [2.24, 2.45) is 0 Å². The zero-order valence-corrected chi connectivity index (χ0v) is 16.9. The standard InChI is InChI=1S/C24H30F4/c1-3-4-5-6-7-8-9-10-11-12-18-13-14-19(22(26)15-18)20-16-21(25)17(2)23(27)24(20)28/h13-16H,3-12H2,1-2H3. The van der Waals surface area contributed by atoms with E-state index in [-0.39, 0.29) is 11.1 Å². The SMILES string of the molecule is CCCCCCCCCCCc1ccc(-c2cc(F)c(C)c(F)c2F)c(F)c1. The highest BCUT2D eigenvalue weighted by atomic mass is 19.2. The molecule has 0 aliphatic heterocycles. The zero-order chi connectivity index (χ0) is 20.5. The Morgan fingerprint density at radius 1 is 0.643 bits per heavy atom. The molecule has 0 aromatic heterocycles. The molecular weight excluding hydrogens is 364 g/mol. The Kier molecular flexibility index (Phi) is 9.01. The van der Waals surface area contributed by atoms with E-state index in [1.54, 1.807) is 6.07 Å². The van der Waals surface area contributed by atoms with Gasteiger partial charge in [0.2, 0.25) is 0 Å². The van der Waals surface area contributed by atoms with E-state index < -0.39 is 28.8 Å². The minimum absolute atomic E-state index is 0.119. The molecule has 0 spiro atoms. The lowest BCUT2D eigenvalue weighted by molar-refractivity contribution is 0.488. The number of rotatable bonds is 11. The predicted octanol–water partition coefficient (Wildman–Crippen LogP) is 8.29. The highest BCUT2D eigenvalue weighted by Gasteiger charge is 2.19. The predicted molar refractivity (Wildman–Crippen MR) is 107 cm³/mol. The fourth-order valence-electron chi connectivity index (χ4n) is 3.45. The first kappa shape index (κ1) is 22.4. The van der Waals surface area contributed by atoms with Gasteiger partial charge in [0.25, 0.3) is 0 Å². The van der Waals surface area contributed by atoms with Gasteiger partial charge in [-0.05, 0) is 37.5 Å². The first-order valence-electron chi connectivity index (χ1n) is 10.4. The van der Waals surface area contributed by atoms with E-state index in [1.165, 1.54) is 57.1 Å². The fraction of sp³-hybridized carbons (Fsp3) is 0.500. The van der Waals surface area contributed by atoms with Crippen molar-refractivity contribution in [3.8, 4) is 11.1 Å². The second-order valence-corrected chi connectivity index (χ2v) is 7.55. The highest BCUT2D eigenvalue weighted by molar-refractivity contribution is 5.66. The maximum Gasteiger partial charge on any atom is 0.167 e. The van der Waals surface area contributed by atoms with Gasteiger partial charge in [-0.2, -0.15) is 0 Å². The van der Waals surface area contributed by atoms with Crippen molar-refractivity contribution in [2.75, 3.05) is 0 Å². The summed E-state index contributed by atoms with van der Waals surface area (Å²) in [5.74, 6) is -4.03. The summed E-state index contributed by atoms with van der Waals surface area (Å²) in [5, 5.41) is 0. The molecule has 0 unspecified atom stereocenters. The molecule has 28 heavy (non-hydrogen) atoms. The van der Waals surface area contributed by atoms with Crippen molar-refractivity contribution in [3.63, 3.8) is 0 Å². The summed E-state index contributed by atoms with van der Waals surface area (Å²) in [6, 6.07) is 5.31. The van der Waals surface area contributed by atoms with Crippen LogP contribution < -0.4 is 0 Å². The summed E-state index contributed by atoms with van der Waals surface area (Å²) in [7, 11) is 0. The van der Waals surface area contributed by atoms with Crippen LogP contribution in [0.1, 0.15) is 75.8 Å². The Labute approximate surface area is 166 Å². The molecule has 0 aliphatic rings. The van der Waals surface area contributed by atoms with Crippen LogP contribution in [0.15, 0.2) is 24.3 Å². The molecule has 0 saturated carbocycles. The Balaban J connectivity index is 1.88. The van der Waals surface area contributed by atoms with Gasteiger partial charge in [0.15, 0.2) is 11.6 Å². The lowest BCUT2D eigenvalue weighted by Crippen LogP contribution is -1.99. The number of aryl methyl sites for hydroxylation is 1. The second-order valence-electron chi connectivity index (χ2n) is 7.55. The van der Waals surface area contributed by atoms with Crippen LogP contribution in [0.2, 0.25) is 0 Å². The third-order valence-electron chi connectivity index (χ3n) is 5.28. The van der Waals surface area contributed by atoms with Crippen LogP contribution in [0.5, 0.6) is 0 Å². The van der Waals surface area contributed by atoms with Crippen LogP contribution >= 0.6 is 0 Å². The highest BCUT2D eigenvalue weighted by Crippen LogP contribution is 2.30. The van der Waals surface area contributed by atoms with Crippen molar-refractivity contribution < 1.29 is 17.6 Å². The van der Waals surface area contributed by atoms with Crippen LogP contribution in [0.25, 0.3) is 11.1 Å². The van der Waals surface area contributed by atoms with Gasteiger partial charge in [-0.1, -0.05) is 70.4 Å². The largest absolute Gasteiger partial charge is 0.207 e. The van der Waals surface area contributed by atoms with Crippen molar-refractivity contribution in [3.05, 3.63) is 58.7 Å². The molecule has 0 fully saturated rings. The third kappa shape index (κ3) is 6.08. The molecule has 0 bridgehead atoms. The molecule has 2 rings (SSSR count). The fourth-order valence-corrected chi connectivity index (χ4v) is 3.45. The molecule has 0 atom stereocenters. The molecule has 0 amide bonds. The Hall–Kier alpha value is -1.84. The number of hydrogen-bond acceptors (Lipinski definition) is 0. The first-order valence-corrected chi connectivity index (χ1v) is 10.4. The zero-order valence-electron chi connectivity index (χ0n) is 16.9. The summed E-state index contributed by atoms with van der Waals surface area (Å²) >= 11 is 0. The maximum absolute atomic E-state index is 14.4. The lowest BCUT2D eigenvalue weighted by atomic mass is 9.98. The smallest absolute Gasteiger partial charge is 0.167 e. The minimum atomic E-state index is -1.27. The van der Waals surface area contributed by atoms with E-state index in [1.807, 2.05) is 0 Å². The topological polar surface area (TPSA) is 0 Å². The normalized spacial score (nSPS) is 11.2. The van der Waals surface area contributed by atoms with Crippen LogP contribution in [0.4, 0.5) is 17.6 Å². The van der Waals surface area contributed by atoms with E-state index in [4.69, 9.17) is 0 Å². The van der Waals surface area contributed by atoms with Crippen molar-refractivity contribution >= 4 is 0 Å². The lowest BCUT2D eigenvalue weighted by Gasteiger charge is -2.10. The Morgan fingerprint density at radius 2 is 1.25 bits per heavy atom. The van der Waals surface area contributed by atoms with E-state index in [2.05, 4.69) is 6.92 Å². The van der Waals surface area contributed by atoms with E-state index >= 15 is 0 Å². The summed E-state index contributed by atoms with van der Waals surface area (Å²) in [6.07, 6.45) is 11.7. The number of halogens is 4.